The maximum absolute atomic E-state index is 12.1. The predicted molar refractivity (Wildman–Crippen MR) is 90.0 cm³/mol. The molecule has 0 aliphatic heterocycles. The second-order valence-corrected chi connectivity index (χ2v) is 6.46. The molecule has 1 N–H and O–H groups in total. The van der Waals surface area contributed by atoms with Crippen molar-refractivity contribution in [2.75, 3.05) is 6.61 Å². The quantitative estimate of drug-likeness (QED) is 0.725. The van der Waals surface area contributed by atoms with Crippen LogP contribution in [0.3, 0.4) is 0 Å². The lowest BCUT2D eigenvalue weighted by molar-refractivity contribution is 0.0951. The SMILES string of the molecule is CCCCOc1ccc(C(=O)NCc2sccc2Br)cc1. The molecule has 1 amide bonds. The third-order valence-electron chi connectivity index (χ3n) is 2.98. The van der Waals surface area contributed by atoms with E-state index in [0.717, 1.165) is 27.9 Å². The summed E-state index contributed by atoms with van der Waals surface area (Å²) < 4.78 is 6.61. The van der Waals surface area contributed by atoms with E-state index in [9.17, 15) is 4.79 Å². The van der Waals surface area contributed by atoms with E-state index < -0.39 is 0 Å². The van der Waals surface area contributed by atoms with Crippen LogP contribution in [-0.2, 0) is 6.54 Å². The normalized spacial score (nSPS) is 10.4. The highest BCUT2D eigenvalue weighted by Gasteiger charge is 2.07. The van der Waals surface area contributed by atoms with Crippen LogP contribution in [0.2, 0.25) is 0 Å². The molecule has 5 heteroatoms. The van der Waals surface area contributed by atoms with E-state index in [1.54, 1.807) is 23.5 Å². The molecule has 0 fully saturated rings. The van der Waals surface area contributed by atoms with Gasteiger partial charge in [0.05, 0.1) is 13.2 Å². The number of nitrogens with one attached hydrogen (secondary N) is 1. The highest BCUT2D eigenvalue weighted by atomic mass is 79.9. The van der Waals surface area contributed by atoms with Crippen molar-refractivity contribution in [3.05, 3.63) is 50.6 Å². The Bertz CT molecular complexity index is 580. The van der Waals surface area contributed by atoms with Gasteiger partial charge in [-0.05, 0) is 58.1 Å². The van der Waals surface area contributed by atoms with Gasteiger partial charge in [-0.3, -0.25) is 4.79 Å². The number of hydrogen-bond acceptors (Lipinski definition) is 3. The van der Waals surface area contributed by atoms with Gasteiger partial charge in [-0.1, -0.05) is 13.3 Å². The fraction of sp³-hybridized carbons (Fsp3) is 0.312. The molecule has 112 valence electrons. The molecule has 0 saturated carbocycles. The number of carbonyl (C=O) groups excluding carboxylic acids is 1. The fourth-order valence-electron chi connectivity index (χ4n) is 1.75. The summed E-state index contributed by atoms with van der Waals surface area (Å²) in [5.74, 6) is 0.733. The Labute approximate surface area is 137 Å². The van der Waals surface area contributed by atoms with Gasteiger partial charge in [0.2, 0.25) is 0 Å². The Kier molecular flexibility index (Phi) is 6.26. The van der Waals surface area contributed by atoms with Crippen LogP contribution in [0.1, 0.15) is 35.0 Å². The third kappa shape index (κ3) is 4.86. The second-order valence-electron chi connectivity index (χ2n) is 4.60. The molecule has 0 aliphatic rings. The van der Waals surface area contributed by atoms with Gasteiger partial charge in [-0.25, -0.2) is 0 Å². The molecule has 0 radical (unpaired) electrons. The molecule has 21 heavy (non-hydrogen) atoms. The molecule has 2 aromatic rings. The van der Waals surface area contributed by atoms with E-state index in [0.29, 0.717) is 18.7 Å². The highest BCUT2D eigenvalue weighted by Crippen LogP contribution is 2.22. The van der Waals surface area contributed by atoms with Crippen LogP contribution in [0.4, 0.5) is 0 Å². The maximum Gasteiger partial charge on any atom is 0.251 e. The number of hydrogen-bond donors (Lipinski definition) is 1. The van der Waals surface area contributed by atoms with Crippen molar-refractivity contribution in [2.24, 2.45) is 0 Å². The first-order valence-electron chi connectivity index (χ1n) is 6.93. The number of amides is 1. The number of halogens is 1. The van der Waals surface area contributed by atoms with Crippen LogP contribution < -0.4 is 10.1 Å². The largest absolute Gasteiger partial charge is 0.494 e. The Hall–Kier alpha value is -1.33. The minimum atomic E-state index is -0.0737. The van der Waals surface area contributed by atoms with Crippen LogP contribution in [0, 0.1) is 0 Å². The van der Waals surface area contributed by atoms with Crippen molar-refractivity contribution in [1.82, 2.24) is 5.32 Å². The molecule has 0 spiro atoms. The first kappa shape index (κ1) is 16.0. The minimum Gasteiger partial charge on any atom is -0.494 e. The van der Waals surface area contributed by atoms with Crippen LogP contribution in [0.25, 0.3) is 0 Å². The molecule has 0 saturated heterocycles. The van der Waals surface area contributed by atoms with Crippen molar-refractivity contribution in [2.45, 2.75) is 26.3 Å². The van der Waals surface area contributed by atoms with Gasteiger partial charge in [0.1, 0.15) is 5.75 Å². The topological polar surface area (TPSA) is 38.3 Å². The van der Waals surface area contributed by atoms with Gasteiger partial charge in [-0.2, -0.15) is 0 Å². The summed E-state index contributed by atoms with van der Waals surface area (Å²) in [5.41, 5.74) is 0.644. The lowest BCUT2D eigenvalue weighted by atomic mass is 10.2. The average Bonchev–Trinajstić information content (AvgIpc) is 2.91. The van der Waals surface area contributed by atoms with Crippen LogP contribution in [0.15, 0.2) is 40.2 Å². The number of rotatable bonds is 7. The summed E-state index contributed by atoms with van der Waals surface area (Å²) in [6.07, 6.45) is 2.15. The van der Waals surface area contributed by atoms with Gasteiger partial charge >= 0.3 is 0 Å². The lowest BCUT2D eigenvalue weighted by Crippen LogP contribution is -2.22. The van der Waals surface area contributed by atoms with Gasteiger partial charge in [0, 0.05) is 14.9 Å². The number of thiophene rings is 1. The van der Waals surface area contributed by atoms with Crippen LogP contribution in [0.5, 0.6) is 5.75 Å². The standard InChI is InChI=1S/C16H18BrNO2S/c1-2-3-9-20-13-6-4-12(5-7-13)16(19)18-11-15-14(17)8-10-21-15/h4-8,10H,2-3,9,11H2,1H3,(H,18,19). The van der Waals surface area contributed by atoms with Crippen molar-refractivity contribution in [1.29, 1.82) is 0 Å². The summed E-state index contributed by atoms with van der Waals surface area (Å²) in [4.78, 5) is 13.2. The number of carbonyl (C=O) groups is 1. The van der Waals surface area contributed by atoms with Crippen molar-refractivity contribution < 1.29 is 9.53 Å². The van der Waals surface area contributed by atoms with E-state index in [1.807, 2.05) is 23.6 Å². The number of unbranched alkanes of at least 4 members (excludes halogenated alkanes) is 1. The summed E-state index contributed by atoms with van der Waals surface area (Å²) >= 11 is 5.07. The summed E-state index contributed by atoms with van der Waals surface area (Å²) in [7, 11) is 0. The Balaban J connectivity index is 1.86. The van der Waals surface area contributed by atoms with E-state index in [-0.39, 0.29) is 5.91 Å². The van der Waals surface area contributed by atoms with Crippen molar-refractivity contribution >= 4 is 33.2 Å². The maximum atomic E-state index is 12.1. The molecule has 0 unspecified atom stereocenters. The molecule has 1 aromatic heterocycles. The van der Waals surface area contributed by atoms with Gasteiger partial charge in [0.25, 0.3) is 5.91 Å². The van der Waals surface area contributed by atoms with Gasteiger partial charge < -0.3 is 10.1 Å². The van der Waals surface area contributed by atoms with Crippen LogP contribution >= 0.6 is 27.3 Å². The second kappa shape index (κ2) is 8.20. The first-order valence-corrected chi connectivity index (χ1v) is 8.61. The zero-order valence-corrected chi connectivity index (χ0v) is 14.3. The third-order valence-corrected chi connectivity index (χ3v) is 4.91. The molecule has 0 aliphatic carbocycles. The smallest absolute Gasteiger partial charge is 0.251 e. The monoisotopic (exact) mass is 367 g/mol. The molecule has 3 nitrogen and oxygen atoms in total. The minimum absolute atomic E-state index is 0.0737. The molecular weight excluding hydrogens is 350 g/mol. The highest BCUT2D eigenvalue weighted by molar-refractivity contribution is 9.10. The Morgan fingerprint density at radius 1 is 1.29 bits per heavy atom. The van der Waals surface area contributed by atoms with E-state index in [2.05, 4.69) is 28.2 Å². The zero-order chi connectivity index (χ0) is 15.1. The van der Waals surface area contributed by atoms with E-state index in [1.165, 1.54) is 0 Å². The van der Waals surface area contributed by atoms with Crippen molar-refractivity contribution in [3.8, 4) is 5.75 Å². The Morgan fingerprint density at radius 3 is 2.67 bits per heavy atom. The molecule has 0 bridgehead atoms. The zero-order valence-electron chi connectivity index (χ0n) is 11.9. The molecule has 1 aromatic carbocycles. The summed E-state index contributed by atoms with van der Waals surface area (Å²) in [6.45, 7) is 3.38. The van der Waals surface area contributed by atoms with Gasteiger partial charge in [-0.15, -0.1) is 11.3 Å². The first-order chi connectivity index (χ1) is 10.2. The van der Waals surface area contributed by atoms with Gasteiger partial charge in [0.15, 0.2) is 0 Å². The lowest BCUT2D eigenvalue weighted by Gasteiger charge is -2.07. The molecule has 0 atom stereocenters. The number of benzene rings is 1. The van der Waals surface area contributed by atoms with E-state index in [4.69, 9.17) is 4.74 Å². The predicted octanol–water partition coefficient (Wildman–Crippen LogP) is 4.62. The summed E-state index contributed by atoms with van der Waals surface area (Å²) in [5, 5.41) is 4.91. The van der Waals surface area contributed by atoms with E-state index >= 15 is 0 Å². The Morgan fingerprint density at radius 2 is 2.05 bits per heavy atom. The molecule has 1 heterocycles. The fourth-order valence-corrected chi connectivity index (χ4v) is 3.18. The molecular formula is C16H18BrNO2S. The van der Waals surface area contributed by atoms with Crippen LogP contribution in [-0.4, -0.2) is 12.5 Å². The van der Waals surface area contributed by atoms with Crippen molar-refractivity contribution in [3.63, 3.8) is 0 Å². The summed E-state index contributed by atoms with van der Waals surface area (Å²) in [6, 6.07) is 9.24. The number of ether oxygens (including phenoxy) is 1. The molecule has 2 rings (SSSR count). The average molecular weight is 368 g/mol.